The Bertz CT molecular complexity index is 738. The fraction of sp³-hybridized carbons (Fsp3) is 0.133. The van der Waals surface area contributed by atoms with Crippen LogP contribution in [0.4, 0.5) is 0 Å². The molecule has 0 spiro atoms. The largest absolute Gasteiger partial charge is 0.382 e. The fourth-order valence-corrected chi connectivity index (χ4v) is 3.41. The normalized spacial score (nSPS) is 12.8. The first kappa shape index (κ1) is 12.8. The Labute approximate surface area is 123 Å². The van der Waals surface area contributed by atoms with Gasteiger partial charge in [0.2, 0.25) is 0 Å². The van der Waals surface area contributed by atoms with Crippen molar-refractivity contribution < 1.29 is 5.11 Å². The smallest absolute Gasteiger partial charge is 0.123 e. The highest BCUT2D eigenvalue weighted by Gasteiger charge is 2.18. The zero-order valence-corrected chi connectivity index (χ0v) is 12.7. The average Bonchev–Trinajstić information content (AvgIpc) is 2.83. The molecule has 3 rings (SSSR count). The lowest BCUT2D eigenvalue weighted by Gasteiger charge is -2.13. The summed E-state index contributed by atoms with van der Waals surface area (Å²) in [7, 11) is 0. The minimum Gasteiger partial charge on any atom is -0.382 e. The highest BCUT2D eigenvalue weighted by molar-refractivity contribution is 9.10. The van der Waals surface area contributed by atoms with E-state index in [2.05, 4.69) is 20.9 Å². The van der Waals surface area contributed by atoms with Crippen LogP contribution in [0.15, 0.2) is 46.3 Å². The number of fused-ring (bicyclic) bond motifs is 1. The van der Waals surface area contributed by atoms with Crippen LogP contribution in [0.1, 0.15) is 22.2 Å². The summed E-state index contributed by atoms with van der Waals surface area (Å²) in [6, 6.07) is 11.9. The summed E-state index contributed by atoms with van der Waals surface area (Å²) >= 11 is 5.14. The molecule has 96 valence electrons. The number of thiophene rings is 1. The number of aromatic nitrogens is 1. The summed E-state index contributed by atoms with van der Waals surface area (Å²) in [6.07, 6.45) is -0.690. The van der Waals surface area contributed by atoms with Gasteiger partial charge in [0.15, 0.2) is 0 Å². The lowest BCUT2D eigenvalue weighted by molar-refractivity contribution is 0.215. The van der Waals surface area contributed by atoms with Gasteiger partial charge in [0, 0.05) is 20.3 Å². The van der Waals surface area contributed by atoms with Gasteiger partial charge in [0.05, 0.1) is 11.2 Å². The molecule has 0 aliphatic rings. The molecule has 0 aliphatic carbocycles. The molecular weight excluding hydrogens is 322 g/mol. The Morgan fingerprint density at radius 3 is 2.79 bits per heavy atom. The molecule has 1 atom stereocenters. The minimum absolute atomic E-state index is 0.667. The second-order valence-electron chi connectivity index (χ2n) is 4.38. The average molecular weight is 334 g/mol. The van der Waals surface area contributed by atoms with E-state index in [0.717, 1.165) is 25.8 Å². The van der Waals surface area contributed by atoms with Crippen molar-refractivity contribution in [2.45, 2.75) is 13.0 Å². The highest BCUT2D eigenvalue weighted by atomic mass is 79.9. The summed E-state index contributed by atoms with van der Waals surface area (Å²) in [5.74, 6) is 0. The zero-order valence-electron chi connectivity index (χ0n) is 10.3. The maximum atomic E-state index is 10.5. The van der Waals surface area contributed by atoms with Gasteiger partial charge in [-0.05, 0) is 46.4 Å². The van der Waals surface area contributed by atoms with Gasteiger partial charge in [0.1, 0.15) is 6.10 Å². The predicted octanol–water partition coefficient (Wildman–Crippen LogP) is 4.45. The third-order valence-electron chi connectivity index (χ3n) is 3.16. The number of rotatable bonds is 2. The first-order valence-corrected chi connectivity index (χ1v) is 7.61. The summed E-state index contributed by atoms with van der Waals surface area (Å²) in [4.78, 5) is 5.70. The van der Waals surface area contributed by atoms with E-state index in [9.17, 15) is 5.11 Å². The number of hydrogen-bond acceptors (Lipinski definition) is 3. The van der Waals surface area contributed by atoms with Gasteiger partial charge in [-0.3, -0.25) is 0 Å². The molecule has 0 saturated carbocycles. The van der Waals surface area contributed by atoms with Crippen molar-refractivity contribution >= 4 is 38.2 Å². The number of halogens is 1. The van der Waals surface area contributed by atoms with E-state index in [-0.39, 0.29) is 0 Å². The third-order valence-corrected chi connectivity index (χ3v) is 4.65. The van der Waals surface area contributed by atoms with E-state index >= 15 is 0 Å². The molecule has 0 fully saturated rings. The van der Waals surface area contributed by atoms with Gasteiger partial charge in [-0.2, -0.15) is 0 Å². The van der Waals surface area contributed by atoms with Crippen LogP contribution in [0.5, 0.6) is 0 Å². The van der Waals surface area contributed by atoms with Gasteiger partial charge in [-0.1, -0.05) is 18.2 Å². The maximum Gasteiger partial charge on any atom is 0.123 e. The molecule has 1 aromatic carbocycles. The number of hydrogen-bond donors (Lipinski definition) is 1. The summed E-state index contributed by atoms with van der Waals surface area (Å²) in [5, 5.41) is 13.6. The molecule has 4 heteroatoms. The molecule has 0 bridgehead atoms. The fourth-order valence-electron chi connectivity index (χ4n) is 2.12. The van der Waals surface area contributed by atoms with E-state index in [4.69, 9.17) is 0 Å². The van der Waals surface area contributed by atoms with Gasteiger partial charge in [-0.25, -0.2) is 4.98 Å². The number of para-hydroxylation sites is 1. The van der Waals surface area contributed by atoms with Crippen LogP contribution in [0.3, 0.4) is 0 Å². The van der Waals surface area contributed by atoms with Crippen LogP contribution in [0, 0.1) is 6.92 Å². The maximum absolute atomic E-state index is 10.5. The Kier molecular flexibility index (Phi) is 3.39. The molecule has 1 unspecified atom stereocenters. The van der Waals surface area contributed by atoms with E-state index < -0.39 is 6.10 Å². The van der Waals surface area contributed by atoms with Gasteiger partial charge < -0.3 is 5.11 Å². The summed E-state index contributed by atoms with van der Waals surface area (Å²) < 4.78 is 0.837. The number of aryl methyl sites for hydroxylation is 1. The van der Waals surface area contributed by atoms with Gasteiger partial charge in [-0.15, -0.1) is 11.3 Å². The van der Waals surface area contributed by atoms with Crippen molar-refractivity contribution in [1.29, 1.82) is 0 Å². The van der Waals surface area contributed by atoms with E-state index in [0.29, 0.717) is 5.69 Å². The van der Waals surface area contributed by atoms with Gasteiger partial charge in [0.25, 0.3) is 0 Å². The summed E-state index contributed by atoms with van der Waals surface area (Å²) in [5.41, 5.74) is 2.49. The third kappa shape index (κ3) is 2.31. The van der Waals surface area contributed by atoms with E-state index in [1.54, 1.807) is 11.3 Å². The van der Waals surface area contributed by atoms with E-state index in [1.807, 2.05) is 48.7 Å². The SMILES string of the molecule is Cc1sccc1C(O)c1nc2ccccc2cc1Br. The van der Waals surface area contributed by atoms with Crippen LogP contribution >= 0.6 is 27.3 Å². The molecule has 0 amide bonds. The second-order valence-corrected chi connectivity index (χ2v) is 6.36. The molecule has 2 nitrogen and oxygen atoms in total. The van der Waals surface area contributed by atoms with Crippen molar-refractivity contribution in [3.05, 3.63) is 62.4 Å². The monoisotopic (exact) mass is 333 g/mol. The Morgan fingerprint density at radius 1 is 1.26 bits per heavy atom. The molecule has 3 aromatic rings. The van der Waals surface area contributed by atoms with Crippen LogP contribution < -0.4 is 0 Å². The van der Waals surface area contributed by atoms with Crippen molar-refractivity contribution in [3.63, 3.8) is 0 Å². The van der Waals surface area contributed by atoms with Crippen molar-refractivity contribution in [2.24, 2.45) is 0 Å². The second kappa shape index (κ2) is 5.04. The number of pyridine rings is 1. The first-order valence-electron chi connectivity index (χ1n) is 5.94. The first-order chi connectivity index (χ1) is 9.16. The van der Waals surface area contributed by atoms with Crippen LogP contribution in [0.2, 0.25) is 0 Å². The molecule has 2 heterocycles. The molecule has 19 heavy (non-hydrogen) atoms. The molecule has 0 aliphatic heterocycles. The molecule has 2 aromatic heterocycles. The molecule has 1 N–H and O–H groups in total. The number of nitrogens with zero attached hydrogens (tertiary/aromatic N) is 1. The topological polar surface area (TPSA) is 33.1 Å². The predicted molar refractivity (Wildman–Crippen MR) is 82.6 cm³/mol. The Balaban J connectivity index is 2.14. The van der Waals surface area contributed by atoms with Gasteiger partial charge >= 0.3 is 0 Å². The standard InChI is InChI=1S/C15H12BrNOS/c1-9-11(6-7-19-9)15(18)14-12(16)8-10-4-2-3-5-13(10)17-14/h2-8,15,18H,1H3. The minimum atomic E-state index is -0.690. The quantitative estimate of drug-likeness (QED) is 0.751. The summed E-state index contributed by atoms with van der Waals surface area (Å²) in [6.45, 7) is 2.01. The molecule has 0 radical (unpaired) electrons. The lowest BCUT2D eigenvalue weighted by Crippen LogP contribution is -2.04. The van der Waals surface area contributed by atoms with Crippen LogP contribution in [-0.4, -0.2) is 10.1 Å². The Morgan fingerprint density at radius 2 is 2.05 bits per heavy atom. The van der Waals surface area contributed by atoms with Crippen molar-refractivity contribution in [3.8, 4) is 0 Å². The molecular formula is C15H12BrNOS. The number of benzene rings is 1. The van der Waals surface area contributed by atoms with Crippen molar-refractivity contribution in [2.75, 3.05) is 0 Å². The highest BCUT2D eigenvalue weighted by Crippen LogP contribution is 2.32. The van der Waals surface area contributed by atoms with E-state index in [1.165, 1.54) is 0 Å². The van der Waals surface area contributed by atoms with Crippen LogP contribution in [0.25, 0.3) is 10.9 Å². The zero-order chi connectivity index (χ0) is 13.4. The number of aliphatic hydroxyl groups excluding tert-OH is 1. The molecule has 0 saturated heterocycles. The van der Waals surface area contributed by atoms with Crippen molar-refractivity contribution in [1.82, 2.24) is 4.98 Å². The Hall–Kier alpha value is -1.23. The van der Waals surface area contributed by atoms with Crippen LogP contribution in [-0.2, 0) is 0 Å². The number of aliphatic hydroxyl groups is 1. The lowest BCUT2D eigenvalue weighted by atomic mass is 10.1.